The van der Waals surface area contributed by atoms with Gasteiger partial charge >= 0.3 is 0 Å². The fourth-order valence-electron chi connectivity index (χ4n) is 3.45. The van der Waals surface area contributed by atoms with Gasteiger partial charge in [0, 0.05) is 17.1 Å². The molecule has 1 aliphatic rings. The maximum Gasteiger partial charge on any atom is 0.243 e. The smallest absolute Gasteiger partial charge is 0.243 e. The molecule has 0 bridgehead atoms. The van der Waals surface area contributed by atoms with Gasteiger partial charge in [0.1, 0.15) is 18.1 Å². The number of nitrogens with one attached hydrogen (secondary N) is 3. The van der Waals surface area contributed by atoms with Gasteiger partial charge in [-0.1, -0.05) is 48.5 Å². The van der Waals surface area contributed by atoms with Gasteiger partial charge in [-0.25, -0.2) is 0 Å². The Bertz CT molecular complexity index is 1030. The quantitative estimate of drug-likeness (QED) is 0.379. The average molecular weight is 471 g/mol. The number of rotatable bonds is 10. The predicted molar refractivity (Wildman–Crippen MR) is 122 cm³/mol. The van der Waals surface area contributed by atoms with Crippen LogP contribution in [0.25, 0.3) is 0 Å². The lowest BCUT2D eigenvalue weighted by molar-refractivity contribution is -0.138. The lowest BCUT2D eigenvalue weighted by Crippen LogP contribution is -2.63. The van der Waals surface area contributed by atoms with E-state index < -0.39 is 46.6 Å². The SMILES string of the molecule is NC(=O)[C@@H](CC[S@](=O)c1ccccc1)NC(=O)C[C@@H]1NC(=O)[C@H](Cc2ccccc2)NC1=O. The van der Waals surface area contributed by atoms with Crippen molar-refractivity contribution in [3.8, 4) is 0 Å². The van der Waals surface area contributed by atoms with E-state index in [-0.39, 0.29) is 24.5 Å². The third-order valence-corrected chi connectivity index (χ3v) is 6.62. The van der Waals surface area contributed by atoms with Gasteiger partial charge in [0.15, 0.2) is 0 Å². The van der Waals surface area contributed by atoms with Gasteiger partial charge in [0.2, 0.25) is 23.6 Å². The number of carbonyl (C=O) groups excluding carboxylic acids is 4. The summed E-state index contributed by atoms with van der Waals surface area (Å²) < 4.78 is 12.4. The van der Waals surface area contributed by atoms with Gasteiger partial charge in [0.25, 0.3) is 0 Å². The highest BCUT2D eigenvalue weighted by Crippen LogP contribution is 2.10. The zero-order chi connectivity index (χ0) is 23.8. The number of hydrogen-bond acceptors (Lipinski definition) is 5. The van der Waals surface area contributed by atoms with Crippen LogP contribution in [0.4, 0.5) is 0 Å². The molecule has 1 saturated heterocycles. The van der Waals surface area contributed by atoms with Crippen LogP contribution >= 0.6 is 0 Å². The van der Waals surface area contributed by atoms with Crippen molar-refractivity contribution >= 4 is 34.4 Å². The zero-order valence-electron chi connectivity index (χ0n) is 17.9. The second kappa shape index (κ2) is 11.4. The number of primary amides is 1. The molecule has 0 spiro atoms. The van der Waals surface area contributed by atoms with Crippen LogP contribution in [-0.2, 0) is 36.4 Å². The molecule has 0 aliphatic carbocycles. The highest BCUT2D eigenvalue weighted by molar-refractivity contribution is 7.85. The van der Waals surface area contributed by atoms with Crippen molar-refractivity contribution in [3.05, 3.63) is 66.2 Å². The topological polar surface area (TPSA) is 147 Å². The molecule has 4 atom stereocenters. The summed E-state index contributed by atoms with van der Waals surface area (Å²) in [6.07, 6.45) is 0.0613. The second-order valence-electron chi connectivity index (χ2n) is 7.69. The highest BCUT2D eigenvalue weighted by Gasteiger charge is 2.35. The lowest BCUT2D eigenvalue weighted by atomic mass is 10.0. The van der Waals surface area contributed by atoms with Crippen molar-refractivity contribution in [2.24, 2.45) is 5.73 Å². The third-order valence-electron chi connectivity index (χ3n) is 5.21. The summed E-state index contributed by atoms with van der Waals surface area (Å²) in [5.74, 6) is -2.13. The Labute approximate surface area is 194 Å². The molecule has 1 heterocycles. The van der Waals surface area contributed by atoms with Gasteiger partial charge in [-0.15, -0.1) is 0 Å². The molecule has 2 aromatic rings. The highest BCUT2D eigenvalue weighted by atomic mass is 32.2. The molecule has 3 rings (SSSR count). The molecule has 1 fully saturated rings. The van der Waals surface area contributed by atoms with Gasteiger partial charge in [-0.2, -0.15) is 0 Å². The molecular weight excluding hydrogens is 444 g/mol. The second-order valence-corrected chi connectivity index (χ2v) is 9.26. The number of hydrogen-bond donors (Lipinski definition) is 4. The number of carbonyl (C=O) groups is 4. The van der Waals surface area contributed by atoms with E-state index in [1.54, 1.807) is 30.3 Å². The molecule has 4 amide bonds. The molecule has 0 unspecified atom stereocenters. The van der Waals surface area contributed by atoms with Crippen LogP contribution in [-0.4, -0.2) is 51.7 Å². The maximum atomic E-state index is 12.4. The third kappa shape index (κ3) is 6.98. The molecule has 5 N–H and O–H groups in total. The number of piperazine rings is 1. The first kappa shape index (κ1) is 24.1. The van der Waals surface area contributed by atoms with Crippen LogP contribution in [0.2, 0.25) is 0 Å². The van der Waals surface area contributed by atoms with Crippen LogP contribution < -0.4 is 21.7 Å². The summed E-state index contributed by atoms with van der Waals surface area (Å²) in [6.45, 7) is 0. The standard InChI is InChI=1S/C23H26N4O5S/c24-21(29)17(11-12-33(32)16-9-5-2-6-10-16)25-20(28)14-19-23(31)26-18(22(30)27-19)13-15-7-3-1-4-8-15/h1-10,17-19H,11-14H2,(H2,24,29)(H,25,28)(H,26,31)(H,27,30)/t17-,18+,19+,33+/m1/s1. The number of benzene rings is 2. The Kier molecular flexibility index (Phi) is 8.31. The average Bonchev–Trinajstić information content (AvgIpc) is 2.80. The van der Waals surface area contributed by atoms with Crippen molar-refractivity contribution in [1.82, 2.24) is 16.0 Å². The summed E-state index contributed by atoms with van der Waals surface area (Å²) >= 11 is 0. The summed E-state index contributed by atoms with van der Waals surface area (Å²) in [4.78, 5) is 49.7. The minimum atomic E-state index is -1.35. The maximum absolute atomic E-state index is 12.4. The van der Waals surface area contributed by atoms with Crippen LogP contribution in [0.1, 0.15) is 18.4 Å². The minimum Gasteiger partial charge on any atom is -0.368 e. The Morgan fingerprint density at radius 1 is 0.939 bits per heavy atom. The van der Waals surface area contributed by atoms with Gasteiger partial charge in [0.05, 0.1) is 17.2 Å². The Hall–Kier alpha value is -3.53. The molecule has 2 aromatic carbocycles. The number of nitrogens with two attached hydrogens (primary N) is 1. The monoisotopic (exact) mass is 470 g/mol. The van der Waals surface area contributed by atoms with Crippen LogP contribution in [0.5, 0.6) is 0 Å². The molecule has 0 saturated carbocycles. The first-order valence-electron chi connectivity index (χ1n) is 10.5. The van der Waals surface area contributed by atoms with Crippen molar-refractivity contribution in [3.63, 3.8) is 0 Å². The van der Waals surface area contributed by atoms with E-state index >= 15 is 0 Å². The van der Waals surface area contributed by atoms with Crippen LogP contribution in [0, 0.1) is 0 Å². The van der Waals surface area contributed by atoms with Crippen molar-refractivity contribution in [2.45, 2.75) is 42.3 Å². The van der Waals surface area contributed by atoms with Crippen LogP contribution in [0.3, 0.4) is 0 Å². The molecule has 0 aromatic heterocycles. The van der Waals surface area contributed by atoms with Gasteiger partial charge < -0.3 is 21.7 Å². The van der Waals surface area contributed by atoms with E-state index in [9.17, 15) is 23.4 Å². The normalized spacial score (nSPS) is 19.6. The Balaban J connectivity index is 1.51. The van der Waals surface area contributed by atoms with E-state index in [1.165, 1.54) is 0 Å². The van der Waals surface area contributed by atoms with E-state index in [4.69, 9.17) is 5.73 Å². The molecule has 10 heteroatoms. The Morgan fingerprint density at radius 3 is 2.15 bits per heavy atom. The summed E-state index contributed by atoms with van der Waals surface area (Å²) in [7, 11) is -1.35. The van der Waals surface area contributed by atoms with Gasteiger partial charge in [-0.05, 0) is 24.1 Å². The van der Waals surface area contributed by atoms with Crippen LogP contribution in [0.15, 0.2) is 65.6 Å². The van der Waals surface area contributed by atoms with E-state index in [0.29, 0.717) is 11.3 Å². The fourth-order valence-corrected chi connectivity index (χ4v) is 4.60. The minimum absolute atomic E-state index is 0.0744. The lowest BCUT2D eigenvalue weighted by Gasteiger charge is -2.29. The molecule has 9 nitrogen and oxygen atoms in total. The largest absolute Gasteiger partial charge is 0.368 e. The van der Waals surface area contributed by atoms with Crippen molar-refractivity contribution in [2.75, 3.05) is 5.75 Å². The summed E-state index contributed by atoms with van der Waals surface area (Å²) in [5.41, 5.74) is 6.28. The molecule has 174 valence electrons. The molecule has 33 heavy (non-hydrogen) atoms. The first-order valence-corrected chi connectivity index (χ1v) is 11.8. The first-order chi connectivity index (χ1) is 15.8. The molecular formula is C23H26N4O5S. The Morgan fingerprint density at radius 2 is 1.52 bits per heavy atom. The van der Waals surface area contributed by atoms with E-state index in [2.05, 4.69) is 16.0 Å². The molecule has 0 radical (unpaired) electrons. The van der Waals surface area contributed by atoms with E-state index in [1.807, 2.05) is 30.3 Å². The zero-order valence-corrected chi connectivity index (χ0v) is 18.7. The van der Waals surface area contributed by atoms with Crippen molar-refractivity contribution in [1.29, 1.82) is 0 Å². The molecule has 1 aliphatic heterocycles. The van der Waals surface area contributed by atoms with Gasteiger partial charge in [-0.3, -0.25) is 23.4 Å². The number of amides is 4. The summed E-state index contributed by atoms with van der Waals surface area (Å²) in [6, 6.07) is 15.2. The predicted octanol–water partition coefficient (Wildman–Crippen LogP) is -0.230. The summed E-state index contributed by atoms with van der Waals surface area (Å²) in [5, 5.41) is 7.68. The van der Waals surface area contributed by atoms with Crippen molar-refractivity contribution < 1.29 is 23.4 Å². The fraction of sp³-hybridized carbons (Fsp3) is 0.304. The van der Waals surface area contributed by atoms with E-state index in [0.717, 1.165) is 5.56 Å².